The molecule has 1 atom stereocenters. The lowest BCUT2D eigenvalue weighted by Crippen LogP contribution is -2.42. The first kappa shape index (κ1) is 84.0. The molecule has 0 fully saturated rings. The van der Waals surface area contributed by atoms with Crippen LogP contribution >= 0.6 is 0 Å². The predicted octanol–water partition coefficient (Wildman–Crippen LogP) is 24.6. The number of allylic oxidation sites excluding steroid dienone is 5. The fourth-order valence-corrected chi connectivity index (χ4v) is 11.4. The van der Waals surface area contributed by atoms with Gasteiger partial charge in [0.2, 0.25) is 11.8 Å². The summed E-state index contributed by atoms with van der Waals surface area (Å²) in [7, 11) is 0. The number of rotatable bonds is 65. The molecule has 0 aliphatic carbocycles. The van der Waals surface area contributed by atoms with Crippen LogP contribution in [0.2, 0.25) is 0 Å². The second kappa shape index (κ2) is 74.9. The van der Waals surface area contributed by atoms with Gasteiger partial charge in [-0.15, -0.1) is 0 Å². The number of nitrogens with two attached hydrogens (primary N) is 1. The number of hydrogen-bond acceptors (Lipinski definition) is 4. The summed E-state index contributed by atoms with van der Waals surface area (Å²) in [5.41, 5.74) is 5.33. The maximum absolute atomic E-state index is 13.9. The highest BCUT2D eigenvalue weighted by Gasteiger charge is 2.20. The van der Waals surface area contributed by atoms with Crippen LogP contribution in [0.1, 0.15) is 409 Å². The molecular weight excluding hydrogens is 1000 g/mol. The summed E-state index contributed by atoms with van der Waals surface area (Å²) in [6, 6.07) is 0. The SMILES string of the molecule is C.C/C=C(\N)NCC.CCCCCCCC/C=C\CCCCCCCCC(CCCCCC/C=C\CCCCCCCC)C(=O)NCC(=O)N(CCCCCCCCCCCCCCCC)CCCCCCCCCCCCCCCC. The third kappa shape index (κ3) is 68.5. The average molecular weight is 1150 g/mol. The zero-order chi connectivity index (χ0) is 59.3. The number of carbonyl (C=O) groups excluding carboxylic acids is 2. The van der Waals surface area contributed by atoms with Gasteiger partial charge in [0.1, 0.15) is 0 Å². The third-order valence-electron chi connectivity index (χ3n) is 17.0. The molecule has 488 valence electrons. The topological polar surface area (TPSA) is 87.5 Å². The minimum Gasteiger partial charge on any atom is -0.386 e. The average Bonchev–Trinajstić information content (AvgIpc) is 3.48. The molecular formula is C76H152N4O2. The van der Waals surface area contributed by atoms with Crippen molar-refractivity contribution >= 4 is 11.8 Å². The summed E-state index contributed by atoms with van der Waals surface area (Å²) in [5, 5.41) is 6.16. The van der Waals surface area contributed by atoms with Crippen molar-refractivity contribution in [3.05, 3.63) is 36.2 Å². The number of nitrogens with one attached hydrogen (secondary N) is 2. The molecule has 1 unspecified atom stereocenters. The Morgan fingerprint density at radius 1 is 0.354 bits per heavy atom. The Morgan fingerprint density at radius 2 is 0.598 bits per heavy atom. The van der Waals surface area contributed by atoms with Crippen molar-refractivity contribution in [2.45, 2.75) is 409 Å². The van der Waals surface area contributed by atoms with Crippen LogP contribution in [0.5, 0.6) is 0 Å². The van der Waals surface area contributed by atoms with E-state index in [2.05, 4.69) is 67.5 Å². The van der Waals surface area contributed by atoms with E-state index < -0.39 is 0 Å². The largest absolute Gasteiger partial charge is 0.386 e. The Balaban J connectivity index is -0.00000727. The number of unbranched alkanes of at least 4 members (excludes halogenated alkanes) is 48. The number of hydrogen-bond donors (Lipinski definition) is 3. The van der Waals surface area contributed by atoms with Gasteiger partial charge >= 0.3 is 0 Å². The number of nitrogens with zero attached hydrogens (tertiary/aromatic N) is 1. The molecule has 0 aromatic heterocycles. The van der Waals surface area contributed by atoms with Crippen LogP contribution in [0, 0.1) is 5.92 Å². The molecule has 82 heavy (non-hydrogen) atoms. The van der Waals surface area contributed by atoms with E-state index in [0.29, 0.717) is 0 Å². The smallest absolute Gasteiger partial charge is 0.241 e. The zero-order valence-electron chi connectivity index (χ0n) is 56.2. The first-order valence-corrected chi connectivity index (χ1v) is 36.9. The molecule has 0 aliphatic heterocycles. The van der Waals surface area contributed by atoms with Crippen molar-refractivity contribution in [3.8, 4) is 0 Å². The lowest BCUT2D eigenvalue weighted by atomic mass is 9.93. The Kier molecular flexibility index (Phi) is 76.7. The van der Waals surface area contributed by atoms with Crippen LogP contribution in [0.25, 0.3) is 0 Å². The van der Waals surface area contributed by atoms with Crippen molar-refractivity contribution in [2.24, 2.45) is 11.7 Å². The summed E-state index contributed by atoms with van der Waals surface area (Å²) in [4.78, 5) is 30.0. The predicted molar refractivity (Wildman–Crippen MR) is 371 cm³/mol. The number of carbonyl (C=O) groups is 2. The monoisotopic (exact) mass is 1150 g/mol. The van der Waals surface area contributed by atoms with Gasteiger partial charge in [-0.2, -0.15) is 0 Å². The summed E-state index contributed by atoms with van der Waals surface area (Å²) >= 11 is 0. The second-order valence-electron chi connectivity index (χ2n) is 25.0. The van der Waals surface area contributed by atoms with E-state index in [1.807, 2.05) is 19.9 Å². The van der Waals surface area contributed by atoms with Crippen LogP contribution in [0.4, 0.5) is 0 Å². The maximum Gasteiger partial charge on any atom is 0.241 e. The van der Waals surface area contributed by atoms with Gasteiger partial charge in [-0.3, -0.25) is 9.59 Å². The lowest BCUT2D eigenvalue weighted by Gasteiger charge is -2.24. The van der Waals surface area contributed by atoms with Gasteiger partial charge in [0.25, 0.3) is 0 Å². The molecule has 6 heteroatoms. The van der Waals surface area contributed by atoms with Gasteiger partial charge in [-0.25, -0.2) is 0 Å². The molecule has 0 heterocycles. The van der Waals surface area contributed by atoms with Gasteiger partial charge in [-0.1, -0.05) is 342 Å². The van der Waals surface area contributed by atoms with E-state index in [1.54, 1.807) is 0 Å². The lowest BCUT2D eigenvalue weighted by molar-refractivity contribution is -0.134. The van der Waals surface area contributed by atoms with E-state index >= 15 is 0 Å². The van der Waals surface area contributed by atoms with Gasteiger partial charge in [-0.05, 0) is 97.0 Å². The van der Waals surface area contributed by atoms with E-state index in [1.165, 1.54) is 321 Å². The minimum absolute atomic E-state index is 0. The van der Waals surface area contributed by atoms with E-state index in [9.17, 15) is 9.59 Å². The Hall–Kier alpha value is -2.24. The third-order valence-corrected chi connectivity index (χ3v) is 17.0. The highest BCUT2D eigenvalue weighted by atomic mass is 16.2. The molecule has 0 spiro atoms. The van der Waals surface area contributed by atoms with Gasteiger partial charge in [0.15, 0.2) is 0 Å². The molecule has 4 N–H and O–H groups in total. The van der Waals surface area contributed by atoms with Crippen LogP contribution in [-0.4, -0.2) is 42.9 Å². The molecule has 0 radical (unpaired) electrons. The van der Waals surface area contributed by atoms with Crippen molar-refractivity contribution in [3.63, 3.8) is 0 Å². The molecule has 0 saturated carbocycles. The van der Waals surface area contributed by atoms with Crippen molar-refractivity contribution in [1.82, 2.24) is 15.5 Å². The molecule has 0 aromatic carbocycles. The number of amides is 2. The molecule has 0 aromatic rings. The Labute approximate surface area is 517 Å². The van der Waals surface area contributed by atoms with Gasteiger partial charge in [0, 0.05) is 25.6 Å². The van der Waals surface area contributed by atoms with Crippen LogP contribution in [-0.2, 0) is 9.59 Å². The second-order valence-corrected chi connectivity index (χ2v) is 25.0. The summed E-state index contributed by atoms with van der Waals surface area (Å²) in [5.74, 6) is 1.06. The summed E-state index contributed by atoms with van der Waals surface area (Å²) in [6.45, 7) is 15.9. The zero-order valence-corrected chi connectivity index (χ0v) is 56.2. The minimum atomic E-state index is 0. The molecule has 2 amide bonds. The van der Waals surface area contributed by atoms with Crippen LogP contribution in [0.15, 0.2) is 36.2 Å². The molecule has 0 aliphatic rings. The summed E-state index contributed by atoms with van der Waals surface area (Å²) in [6.07, 6.45) is 85.0. The fraction of sp³-hybridized carbons (Fsp3) is 0.895. The molecule has 0 bridgehead atoms. The normalized spacial score (nSPS) is 12.0. The molecule has 0 rings (SSSR count). The first-order chi connectivity index (χ1) is 39.9. The fourth-order valence-electron chi connectivity index (χ4n) is 11.4. The van der Waals surface area contributed by atoms with E-state index in [0.717, 1.165) is 64.0 Å². The Morgan fingerprint density at radius 3 is 0.841 bits per heavy atom. The highest BCUT2D eigenvalue weighted by molar-refractivity contribution is 5.85. The van der Waals surface area contributed by atoms with E-state index in [-0.39, 0.29) is 31.7 Å². The quantitative estimate of drug-likeness (QED) is 0.0418. The van der Waals surface area contributed by atoms with Crippen molar-refractivity contribution in [1.29, 1.82) is 0 Å². The summed E-state index contributed by atoms with van der Waals surface area (Å²) < 4.78 is 0. The molecule has 6 nitrogen and oxygen atoms in total. The van der Waals surface area contributed by atoms with E-state index in [4.69, 9.17) is 5.73 Å². The van der Waals surface area contributed by atoms with Gasteiger partial charge < -0.3 is 21.3 Å². The standard InChI is InChI=1S/C70H136N2O2.C5H12N2.CH4/c1-5-9-13-17-21-25-29-33-37-38-40-44-48-52-56-60-64-68(63-59-55-51-47-43-39-34-30-26-22-18-14-10-6-2)70(74)71-67-69(73)72(65-61-57-53-49-45-41-35-31-27-23-19-15-11-7-3)66-62-58-54-50-46-42-36-32-28-24-20-16-12-8-4;1-3-5(6)7-4-2;/h33-34,37,39,68H,5-32,35-36,38,40-67H2,1-4H3,(H,71,74);3,7H,4,6H2,1-2H3;1H4/b37-33-,39-34-;5-3+;. The van der Waals surface area contributed by atoms with Gasteiger partial charge in [0.05, 0.1) is 12.4 Å². The van der Waals surface area contributed by atoms with Crippen molar-refractivity contribution < 1.29 is 9.59 Å². The highest BCUT2D eigenvalue weighted by Crippen LogP contribution is 2.21. The maximum atomic E-state index is 13.9. The van der Waals surface area contributed by atoms with Crippen LogP contribution in [0.3, 0.4) is 0 Å². The first-order valence-electron chi connectivity index (χ1n) is 36.9. The molecule has 0 saturated heterocycles. The Bertz CT molecular complexity index is 1280. The van der Waals surface area contributed by atoms with Crippen LogP contribution < -0.4 is 16.4 Å². The van der Waals surface area contributed by atoms with Crippen molar-refractivity contribution in [2.75, 3.05) is 26.2 Å².